The molecule has 0 aliphatic heterocycles. The summed E-state index contributed by atoms with van der Waals surface area (Å²) < 4.78 is 4.01. The van der Waals surface area contributed by atoms with Crippen LogP contribution >= 0.6 is 0 Å². The van der Waals surface area contributed by atoms with E-state index in [1.807, 2.05) is 77.7 Å². The molecule has 1 N–H and O–H groups in total. The van der Waals surface area contributed by atoms with Crippen molar-refractivity contribution in [2.75, 3.05) is 0 Å². The van der Waals surface area contributed by atoms with Gasteiger partial charge in [-0.2, -0.15) is 0 Å². The first-order valence-electron chi connectivity index (χ1n) is 9.48. The summed E-state index contributed by atoms with van der Waals surface area (Å²) in [5.74, 6) is 0.233. The molecule has 3 aromatic carbocycles. The van der Waals surface area contributed by atoms with Gasteiger partial charge in [0, 0.05) is 17.7 Å². The summed E-state index contributed by atoms with van der Waals surface area (Å²) in [6, 6.07) is 25.3. The van der Waals surface area contributed by atoms with Crippen LogP contribution < -0.4 is 0 Å². The average molecular weight is 381 g/mol. The maximum atomic E-state index is 10.0. The predicted molar refractivity (Wildman–Crippen MR) is 112 cm³/mol. The number of aromatic hydroxyl groups is 1. The Hall–Kier alpha value is -3.93. The molecule has 0 aliphatic carbocycles. The van der Waals surface area contributed by atoms with E-state index in [2.05, 4.69) is 14.9 Å². The number of fused-ring (bicyclic) bond motifs is 1. The average Bonchev–Trinajstić information content (AvgIpc) is 3.37. The molecule has 6 heteroatoms. The van der Waals surface area contributed by atoms with Gasteiger partial charge in [0.1, 0.15) is 11.3 Å². The summed E-state index contributed by atoms with van der Waals surface area (Å²) in [6.45, 7) is 1.34. The standard InChI is InChI=1S/C23H19N5O/c29-19-10-6-9-18(15-19)23-22(17-7-2-1-3-8-17)24-16-27(23)13-14-28-21-12-5-4-11-20(21)25-26-28/h1-12,15-16,29H,13-14H2. The molecule has 2 aromatic heterocycles. The molecule has 0 amide bonds. The van der Waals surface area contributed by atoms with Crippen molar-refractivity contribution in [3.63, 3.8) is 0 Å². The lowest BCUT2D eigenvalue weighted by molar-refractivity contribution is 0.475. The summed E-state index contributed by atoms with van der Waals surface area (Å²) >= 11 is 0. The molecule has 0 radical (unpaired) electrons. The van der Waals surface area contributed by atoms with Crippen LogP contribution in [-0.4, -0.2) is 29.7 Å². The molecular weight excluding hydrogens is 362 g/mol. The first-order valence-corrected chi connectivity index (χ1v) is 9.48. The van der Waals surface area contributed by atoms with Gasteiger partial charge in [0.2, 0.25) is 0 Å². The fourth-order valence-electron chi connectivity index (χ4n) is 3.60. The van der Waals surface area contributed by atoms with E-state index in [9.17, 15) is 5.11 Å². The highest BCUT2D eigenvalue weighted by molar-refractivity contribution is 5.79. The molecule has 6 nitrogen and oxygen atoms in total. The van der Waals surface area contributed by atoms with E-state index in [4.69, 9.17) is 4.98 Å². The molecule has 0 saturated heterocycles. The van der Waals surface area contributed by atoms with E-state index in [0.717, 1.165) is 33.5 Å². The maximum absolute atomic E-state index is 10.0. The van der Waals surface area contributed by atoms with Crippen LogP contribution in [0.2, 0.25) is 0 Å². The van der Waals surface area contributed by atoms with Gasteiger partial charge < -0.3 is 9.67 Å². The smallest absolute Gasteiger partial charge is 0.116 e. The van der Waals surface area contributed by atoms with E-state index < -0.39 is 0 Å². The van der Waals surface area contributed by atoms with Gasteiger partial charge in [-0.05, 0) is 24.3 Å². The van der Waals surface area contributed by atoms with Crippen molar-refractivity contribution in [3.8, 4) is 28.3 Å². The van der Waals surface area contributed by atoms with Gasteiger partial charge >= 0.3 is 0 Å². The van der Waals surface area contributed by atoms with Gasteiger partial charge in [-0.25, -0.2) is 9.67 Å². The molecule has 0 saturated carbocycles. The summed E-state index contributed by atoms with van der Waals surface area (Å²) in [4.78, 5) is 4.69. The van der Waals surface area contributed by atoms with Gasteiger partial charge in [0.05, 0.1) is 29.8 Å². The third-order valence-electron chi connectivity index (χ3n) is 4.98. The normalized spacial score (nSPS) is 11.2. The minimum absolute atomic E-state index is 0.233. The van der Waals surface area contributed by atoms with Gasteiger partial charge in [-0.1, -0.05) is 59.8 Å². The van der Waals surface area contributed by atoms with E-state index >= 15 is 0 Å². The molecule has 2 heterocycles. The van der Waals surface area contributed by atoms with Crippen molar-refractivity contribution >= 4 is 11.0 Å². The molecular formula is C23H19N5O. The van der Waals surface area contributed by atoms with Crippen LogP contribution in [0.15, 0.2) is 85.2 Å². The largest absolute Gasteiger partial charge is 0.508 e. The fourth-order valence-corrected chi connectivity index (χ4v) is 3.60. The van der Waals surface area contributed by atoms with E-state index in [1.54, 1.807) is 12.1 Å². The van der Waals surface area contributed by atoms with Crippen molar-refractivity contribution in [2.24, 2.45) is 0 Å². The van der Waals surface area contributed by atoms with Crippen molar-refractivity contribution < 1.29 is 5.11 Å². The van der Waals surface area contributed by atoms with Crippen molar-refractivity contribution in [1.82, 2.24) is 24.5 Å². The highest BCUT2D eigenvalue weighted by Gasteiger charge is 2.16. The molecule has 0 atom stereocenters. The Balaban J connectivity index is 1.55. The minimum Gasteiger partial charge on any atom is -0.508 e. The summed E-state index contributed by atoms with van der Waals surface area (Å²) in [6.07, 6.45) is 1.85. The van der Waals surface area contributed by atoms with Crippen LogP contribution in [0, 0.1) is 0 Å². The minimum atomic E-state index is 0.233. The van der Waals surface area contributed by atoms with Crippen LogP contribution in [0.1, 0.15) is 0 Å². The summed E-state index contributed by atoms with van der Waals surface area (Å²) in [5.41, 5.74) is 5.71. The Morgan fingerprint density at radius 1 is 0.793 bits per heavy atom. The highest BCUT2D eigenvalue weighted by atomic mass is 16.3. The number of phenols is 1. The van der Waals surface area contributed by atoms with Crippen LogP contribution in [0.3, 0.4) is 0 Å². The van der Waals surface area contributed by atoms with Crippen LogP contribution in [-0.2, 0) is 13.1 Å². The molecule has 142 valence electrons. The lowest BCUT2D eigenvalue weighted by Crippen LogP contribution is -2.09. The lowest BCUT2D eigenvalue weighted by atomic mass is 10.0. The second-order valence-electron chi connectivity index (χ2n) is 6.85. The zero-order valence-corrected chi connectivity index (χ0v) is 15.7. The second-order valence-corrected chi connectivity index (χ2v) is 6.85. The molecule has 0 bridgehead atoms. The Labute approximate surface area is 167 Å². The Kier molecular flexibility index (Phi) is 4.29. The topological polar surface area (TPSA) is 68.8 Å². The number of aryl methyl sites for hydroxylation is 2. The van der Waals surface area contributed by atoms with Gasteiger partial charge in [-0.15, -0.1) is 5.10 Å². The number of nitrogens with zero attached hydrogens (tertiary/aromatic N) is 5. The molecule has 0 fully saturated rings. The van der Waals surface area contributed by atoms with Crippen LogP contribution in [0.5, 0.6) is 5.75 Å². The molecule has 0 spiro atoms. The zero-order chi connectivity index (χ0) is 19.6. The highest BCUT2D eigenvalue weighted by Crippen LogP contribution is 2.32. The van der Waals surface area contributed by atoms with Crippen LogP contribution in [0.25, 0.3) is 33.5 Å². The number of hydrogen-bond acceptors (Lipinski definition) is 4. The lowest BCUT2D eigenvalue weighted by Gasteiger charge is -2.11. The first-order chi connectivity index (χ1) is 14.3. The number of rotatable bonds is 5. The maximum Gasteiger partial charge on any atom is 0.116 e. The van der Waals surface area contributed by atoms with Gasteiger partial charge in [0.15, 0.2) is 0 Å². The van der Waals surface area contributed by atoms with Crippen molar-refractivity contribution in [2.45, 2.75) is 13.1 Å². The number of benzene rings is 3. The zero-order valence-electron chi connectivity index (χ0n) is 15.7. The second kappa shape index (κ2) is 7.24. The van der Waals surface area contributed by atoms with E-state index in [-0.39, 0.29) is 5.75 Å². The number of phenolic OH excluding ortho intramolecular Hbond substituents is 1. The van der Waals surface area contributed by atoms with Gasteiger partial charge in [0.25, 0.3) is 0 Å². The predicted octanol–water partition coefficient (Wildman–Crippen LogP) is 4.37. The van der Waals surface area contributed by atoms with E-state index in [1.165, 1.54) is 0 Å². The van der Waals surface area contributed by atoms with Crippen molar-refractivity contribution in [3.05, 3.63) is 85.2 Å². The number of hydrogen-bond donors (Lipinski definition) is 1. The fraction of sp³-hybridized carbons (Fsp3) is 0.0870. The van der Waals surface area contributed by atoms with Crippen LogP contribution in [0.4, 0.5) is 0 Å². The molecule has 5 aromatic rings. The first kappa shape index (κ1) is 17.2. The third-order valence-corrected chi connectivity index (χ3v) is 4.98. The molecule has 0 unspecified atom stereocenters. The number of imidazole rings is 1. The monoisotopic (exact) mass is 381 g/mol. The molecule has 5 rings (SSSR count). The molecule has 0 aliphatic rings. The quantitative estimate of drug-likeness (QED) is 0.491. The summed E-state index contributed by atoms with van der Waals surface area (Å²) in [7, 11) is 0. The SMILES string of the molecule is Oc1cccc(-c2c(-c3ccccc3)ncn2CCn2nnc3ccccc32)c1. The number of aromatic nitrogens is 5. The molecule has 29 heavy (non-hydrogen) atoms. The van der Waals surface area contributed by atoms with E-state index in [0.29, 0.717) is 13.1 Å². The Morgan fingerprint density at radius 3 is 2.45 bits per heavy atom. The van der Waals surface area contributed by atoms with Crippen molar-refractivity contribution in [1.29, 1.82) is 0 Å². The summed E-state index contributed by atoms with van der Waals surface area (Å²) in [5, 5.41) is 18.5. The Bertz CT molecular complexity index is 1270. The van der Waals surface area contributed by atoms with Gasteiger partial charge in [-0.3, -0.25) is 0 Å². The third kappa shape index (κ3) is 3.25. The number of para-hydroxylation sites is 1. The Morgan fingerprint density at radius 2 is 1.59 bits per heavy atom.